The molecule has 0 aromatic rings. The van der Waals surface area contributed by atoms with Crippen LogP contribution in [0.15, 0.2) is 4.99 Å². The Morgan fingerprint density at radius 3 is 1.98 bits per heavy atom. The third-order valence-electron chi connectivity index (χ3n) is 6.41. The molecule has 1 fully saturated rings. The Morgan fingerprint density at radius 1 is 0.933 bits per heavy atom. The number of hydrogen-bond acceptors (Lipinski definition) is 9. The highest BCUT2D eigenvalue weighted by atomic mass is 19.4. The minimum atomic E-state index is -5.08. The number of likely N-dealkylation sites (tertiary alicyclic amines) is 1. The van der Waals surface area contributed by atoms with Crippen LogP contribution in [0.5, 0.6) is 0 Å². The van der Waals surface area contributed by atoms with Gasteiger partial charge in [-0.3, -0.25) is 29.0 Å². The number of carbonyl (C=O) groups is 6. The number of carbonyl (C=O) groups excluding carboxylic acids is 5. The first-order valence-electron chi connectivity index (χ1n) is 14.1. The van der Waals surface area contributed by atoms with E-state index in [1.54, 1.807) is 0 Å². The second-order valence-electron chi connectivity index (χ2n) is 10.3. The predicted octanol–water partition coefficient (Wildman–Crippen LogP) is -2.90. The largest absolute Gasteiger partial charge is 0.490 e. The lowest BCUT2D eigenvalue weighted by molar-refractivity contribution is -0.192. The van der Waals surface area contributed by atoms with Crippen molar-refractivity contribution in [3.63, 3.8) is 0 Å². The summed E-state index contributed by atoms with van der Waals surface area (Å²) >= 11 is 0. The first kappa shape index (κ1) is 40.8. The Hall–Kier alpha value is -4.20. The predicted molar refractivity (Wildman–Crippen MR) is 156 cm³/mol. The highest BCUT2D eigenvalue weighted by molar-refractivity contribution is 5.95. The molecule has 1 saturated heterocycles. The first-order chi connectivity index (χ1) is 20.8. The molecule has 1 heterocycles. The number of rotatable bonds is 16. The van der Waals surface area contributed by atoms with Crippen molar-refractivity contribution in [2.75, 3.05) is 19.6 Å². The van der Waals surface area contributed by atoms with Crippen molar-refractivity contribution in [2.24, 2.45) is 33.7 Å². The summed E-state index contributed by atoms with van der Waals surface area (Å²) in [7, 11) is 0. The average Bonchev–Trinajstić information content (AvgIpc) is 3.43. The van der Waals surface area contributed by atoms with E-state index in [4.69, 9.17) is 38.6 Å². The van der Waals surface area contributed by atoms with Crippen molar-refractivity contribution in [1.82, 2.24) is 20.9 Å². The molecule has 0 spiro atoms. The third kappa shape index (κ3) is 15.9. The van der Waals surface area contributed by atoms with E-state index >= 15 is 0 Å². The molecule has 45 heavy (non-hydrogen) atoms. The number of aliphatic carboxylic acids is 1. The van der Waals surface area contributed by atoms with E-state index in [9.17, 15) is 37.1 Å². The lowest BCUT2D eigenvalue weighted by atomic mass is 10.1. The van der Waals surface area contributed by atoms with E-state index < -0.39 is 71.9 Å². The number of carboxylic acids is 1. The molecular formula is C25H45F3N10O7. The first-order valence-corrected chi connectivity index (χ1v) is 14.1. The molecule has 0 aromatic carbocycles. The van der Waals surface area contributed by atoms with Crippen LogP contribution in [-0.2, 0) is 28.8 Å². The second kappa shape index (κ2) is 20.0. The van der Waals surface area contributed by atoms with Gasteiger partial charge < -0.3 is 54.6 Å². The van der Waals surface area contributed by atoms with Crippen molar-refractivity contribution in [3.8, 4) is 0 Å². The zero-order valence-corrected chi connectivity index (χ0v) is 25.3. The third-order valence-corrected chi connectivity index (χ3v) is 6.41. The summed E-state index contributed by atoms with van der Waals surface area (Å²) in [6.45, 7) is 3.99. The molecule has 14 N–H and O–H groups in total. The Kier molecular flexibility index (Phi) is 18.1. The number of aliphatic imine (C=N–C) groups is 1. The van der Waals surface area contributed by atoms with Gasteiger partial charge in [0.15, 0.2) is 5.96 Å². The lowest BCUT2D eigenvalue weighted by Gasteiger charge is -2.30. The normalized spacial score (nSPS) is 17.0. The summed E-state index contributed by atoms with van der Waals surface area (Å²) < 4.78 is 31.7. The number of halogens is 3. The lowest BCUT2D eigenvalue weighted by Crippen LogP contribution is -2.57. The fourth-order valence-corrected chi connectivity index (χ4v) is 4.02. The van der Waals surface area contributed by atoms with Crippen LogP contribution in [0.4, 0.5) is 13.2 Å². The molecule has 1 aliphatic heterocycles. The molecular weight excluding hydrogens is 609 g/mol. The molecule has 0 saturated carbocycles. The molecule has 1 rings (SSSR count). The number of guanidine groups is 1. The number of primary amides is 1. The minimum Gasteiger partial charge on any atom is -0.475 e. The van der Waals surface area contributed by atoms with Gasteiger partial charge in [0.05, 0.1) is 6.04 Å². The van der Waals surface area contributed by atoms with Gasteiger partial charge in [0.2, 0.25) is 29.5 Å². The van der Waals surface area contributed by atoms with E-state index in [1.807, 2.05) is 0 Å². The summed E-state index contributed by atoms with van der Waals surface area (Å²) in [5, 5.41) is 14.9. The average molecular weight is 655 g/mol. The van der Waals surface area contributed by atoms with Crippen molar-refractivity contribution in [1.29, 1.82) is 0 Å². The van der Waals surface area contributed by atoms with Crippen LogP contribution in [0.1, 0.15) is 58.8 Å². The van der Waals surface area contributed by atoms with E-state index in [1.165, 1.54) is 18.7 Å². The number of nitrogens with one attached hydrogen (secondary N) is 3. The zero-order valence-electron chi connectivity index (χ0n) is 25.3. The SMILES string of the molecule is C[C@H](N)C(=O)N[C@@H](CCCN=C(N)N)C(=O)N1CCC[C@H]1C(=O)N[C@@H](C)C(=O)N[C@H](CCCCN)C(N)=O.O=C(O)C(F)(F)F. The number of hydrogen-bond donors (Lipinski definition) is 9. The molecule has 0 aromatic heterocycles. The number of alkyl halides is 3. The molecule has 5 atom stereocenters. The number of nitrogens with two attached hydrogens (primary N) is 5. The molecule has 0 aliphatic carbocycles. The number of amides is 5. The van der Waals surface area contributed by atoms with E-state index in [-0.39, 0.29) is 18.9 Å². The van der Waals surface area contributed by atoms with Crippen molar-refractivity contribution in [2.45, 2.75) is 95.2 Å². The van der Waals surface area contributed by atoms with Gasteiger partial charge in [-0.2, -0.15) is 13.2 Å². The zero-order chi connectivity index (χ0) is 34.9. The minimum absolute atomic E-state index is 0.0837. The summed E-state index contributed by atoms with van der Waals surface area (Å²) in [6.07, 6.45) is -1.87. The fraction of sp³-hybridized carbons (Fsp3) is 0.720. The summed E-state index contributed by atoms with van der Waals surface area (Å²) in [5.74, 6) is -5.56. The number of nitrogens with zero attached hydrogens (tertiary/aromatic N) is 2. The maximum absolute atomic E-state index is 13.4. The van der Waals surface area contributed by atoms with Gasteiger partial charge in [0.25, 0.3) is 0 Å². The van der Waals surface area contributed by atoms with Crippen LogP contribution in [0.3, 0.4) is 0 Å². The summed E-state index contributed by atoms with van der Waals surface area (Å²) in [5.41, 5.74) is 27.2. The van der Waals surface area contributed by atoms with Crippen molar-refractivity contribution >= 4 is 41.5 Å². The maximum atomic E-state index is 13.4. The van der Waals surface area contributed by atoms with E-state index in [2.05, 4.69) is 20.9 Å². The molecule has 17 nitrogen and oxygen atoms in total. The van der Waals surface area contributed by atoms with Crippen LogP contribution >= 0.6 is 0 Å². The molecule has 0 bridgehead atoms. The standard InChI is InChI=1S/C23H44N10O5.C2HF3O2/c1-13(25)19(35)32-16(8-5-11-29-23(27)28)22(38)33-12-6-9-17(33)21(37)30-14(2)20(36)31-15(18(26)34)7-3-4-10-24;3-2(4,5)1(6)7/h13-17H,3-12,24-25H2,1-2H3,(H2,26,34)(H,30,37)(H,31,36)(H,32,35)(H4,27,28,29);(H,6,7)/t13-,14-,15+,16-,17-;/m0./s1. The van der Waals surface area contributed by atoms with Crippen LogP contribution in [0, 0.1) is 0 Å². The maximum Gasteiger partial charge on any atom is 0.490 e. The van der Waals surface area contributed by atoms with Gasteiger partial charge in [0.1, 0.15) is 24.2 Å². The molecule has 258 valence electrons. The highest BCUT2D eigenvalue weighted by Gasteiger charge is 2.39. The van der Waals surface area contributed by atoms with Crippen molar-refractivity contribution in [3.05, 3.63) is 0 Å². The molecule has 5 amide bonds. The van der Waals surface area contributed by atoms with E-state index in [0.717, 1.165) is 0 Å². The van der Waals surface area contributed by atoms with Gasteiger partial charge in [-0.15, -0.1) is 0 Å². The molecule has 1 aliphatic rings. The van der Waals surface area contributed by atoms with Crippen molar-refractivity contribution < 1.29 is 47.0 Å². The number of unbranched alkanes of at least 4 members (excludes halogenated alkanes) is 1. The Morgan fingerprint density at radius 2 is 1.49 bits per heavy atom. The van der Waals surface area contributed by atoms with Gasteiger partial charge in [-0.1, -0.05) is 0 Å². The molecule has 0 radical (unpaired) electrons. The summed E-state index contributed by atoms with van der Waals surface area (Å²) in [4.78, 5) is 77.2. The summed E-state index contributed by atoms with van der Waals surface area (Å²) in [6, 6.07) is -4.46. The highest BCUT2D eigenvalue weighted by Crippen LogP contribution is 2.20. The Balaban J connectivity index is 0.00000246. The van der Waals surface area contributed by atoms with Crippen LogP contribution in [-0.4, -0.2) is 107 Å². The number of carboxylic acid groups (broad SMARTS) is 1. The van der Waals surface area contributed by atoms with Crippen LogP contribution < -0.4 is 44.6 Å². The molecule has 0 unspecified atom stereocenters. The Labute approximate surface area is 258 Å². The smallest absolute Gasteiger partial charge is 0.475 e. The fourth-order valence-electron chi connectivity index (χ4n) is 4.02. The monoisotopic (exact) mass is 654 g/mol. The van der Waals surface area contributed by atoms with E-state index in [0.29, 0.717) is 51.6 Å². The van der Waals surface area contributed by atoms with Crippen LogP contribution in [0.25, 0.3) is 0 Å². The second-order valence-corrected chi connectivity index (χ2v) is 10.3. The topological polar surface area (TPSA) is 304 Å². The quantitative estimate of drug-likeness (QED) is 0.0462. The van der Waals surface area contributed by atoms with Gasteiger partial charge in [0, 0.05) is 13.1 Å². The van der Waals surface area contributed by atoms with Gasteiger partial charge in [-0.25, -0.2) is 4.79 Å². The van der Waals surface area contributed by atoms with Gasteiger partial charge >= 0.3 is 12.1 Å². The Bertz CT molecular complexity index is 1050. The van der Waals surface area contributed by atoms with Gasteiger partial charge in [-0.05, 0) is 65.3 Å². The molecule has 20 heteroatoms. The van der Waals surface area contributed by atoms with Crippen LogP contribution in [0.2, 0.25) is 0 Å².